The van der Waals surface area contributed by atoms with Gasteiger partial charge in [-0.2, -0.15) is 0 Å². The number of benzene rings is 1. The zero-order valence-corrected chi connectivity index (χ0v) is 22.4. The number of halogens is 1. The summed E-state index contributed by atoms with van der Waals surface area (Å²) in [6.07, 6.45) is 2.81. The first-order valence-corrected chi connectivity index (χ1v) is 14.1. The number of piperidine rings is 1. The van der Waals surface area contributed by atoms with Crippen LogP contribution in [-0.4, -0.2) is 56.2 Å². The van der Waals surface area contributed by atoms with E-state index in [1.807, 2.05) is 34.9 Å². The van der Waals surface area contributed by atoms with Crippen LogP contribution < -0.4 is 0 Å². The van der Waals surface area contributed by atoms with Crippen molar-refractivity contribution in [2.75, 3.05) is 19.7 Å². The lowest BCUT2D eigenvalue weighted by molar-refractivity contribution is -0.149. The van der Waals surface area contributed by atoms with Crippen LogP contribution in [0.4, 0.5) is 0 Å². The molecule has 5 rings (SSSR count). The van der Waals surface area contributed by atoms with Crippen molar-refractivity contribution in [3.8, 4) is 17.3 Å². The summed E-state index contributed by atoms with van der Waals surface area (Å²) in [6, 6.07) is 11.0. The highest BCUT2D eigenvalue weighted by molar-refractivity contribution is 7.98. The van der Waals surface area contributed by atoms with Crippen LogP contribution in [0.3, 0.4) is 0 Å². The van der Waals surface area contributed by atoms with Crippen molar-refractivity contribution >= 4 is 46.6 Å². The van der Waals surface area contributed by atoms with Gasteiger partial charge in [-0.05, 0) is 56.2 Å². The number of hydrogen-bond donors (Lipinski definition) is 0. The van der Waals surface area contributed by atoms with Crippen LogP contribution in [0.5, 0.6) is 0 Å². The van der Waals surface area contributed by atoms with Crippen molar-refractivity contribution in [1.82, 2.24) is 24.6 Å². The Bertz CT molecular complexity index is 1360. The van der Waals surface area contributed by atoms with Gasteiger partial charge in [-0.3, -0.25) is 14.2 Å². The predicted octanol–water partition coefficient (Wildman–Crippen LogP) is 5.34. The Hall–Kier alpha value is -3.15. The number of nitrogens with zero attached hydrogens (tertiary/aromatic N) is 5. The van der Waals surface area contributed by atoms with Crippen LogP contribution in [0.1, 0.15) is 35.3 Å². The van der Waals surface area contributed by atoms with Gasteiger partial charge in [-0.15, -0.1) is 21.5 Å². The van der Waals surface area contributed by atoms with Gasteiger partial charge in [0.2, 0.25) is 5.82 Å². The van der Waals surface area contributed by atoms with E-state index in [0.717, 1.165) is 10.7 Å². The highest BCUT2D eigenvalue weighted by Crippen LogP contribution is 2.31. The fourth-order valence-corrected chi connectivity index (χ4v) is 5.96. The van der Waals surface area contributed by atoms with E-state index in [0.29, 0.717) is 65.7 Å². The fourth-order valence-electron chi connectivity index (χ4n) is 4.09. The summed E-state index contributed by atoms with van der Waals surface area (Å²) >= 11 is 9.00. The third-order valence-electron chi connectivity index (χ3n) is 5.96. The first kappa shape index (κ1) is 25.5. The first-order valence-electron chi connectivity index (χ1n) is 11.8. The van der Waals surface area contributed by atoms with Crippen molar-refractivity contribution in [2.45, 2.75) is 30.7 Å². The largest absolute Gasteiger partial charge is 0.466 e. The molecule has 0 N–H and O–H groups in total. The molecule has 0 atom stereocenters. The number of likely N-dealkylation sites (tertiary alicyclic amines) is 1. The monoisotopic (exact) mass is 557 g/mol. The predicted molar refractivity (Wildman–Crippen MR) is 141 cm³/mol. The third-order valence-corrected chi connectivity index (χ3v) is 8.18. The molecule has 1 aromatic carbocycles. The molecule has 9 nitrogen and oxygen atoms in total. The molecule has 1 fully saturated rings. The van der Waals surface area contributed by atoms with E-state index < -0.39 is 0 Å². The summed E-state index contributed by atoms with van der Waals surface area (Å²) < 4.78 is 12.6. The molecular weight excluding hydrogens is 534 g/mol. The molecule has 1 amide bonds. The van der Waals surface area contributed by atoms with E-state index >= 15 is 0 Å². The minimum absolute atomic E-state index is 0.112. The Morgan fingerprint density at radius 1 is 1.19 bits per heavy atom. The molecule has 0 saturated carbocycles. The zero-order chi connectivity index (χ0) is 25.8. The van der Waals surface area contributed by atoms with Crippen LogP contribution >= 0.6 is 34.7 Å². The lowest BCUT2D eigenvalue weighted by Crippen LogP contribution is -2.40. The normalized spacial score (nSPS) is 14.2. The SMILES string of the molecule is CCOC(=O)C1CCN(C(=O)c2csc(CSc3nnc(-c4ccco4)n3-c3ccc(Cl)cc3)n2)CC1. The van der Waals surface area contributed by atoms with Gasteiger partial charge in [-0.1, -0.05) is 23.4 Å². The van der Waals surface area contributed by atoms with E-state index in [1.165, 1.54) is 23.1 Å². The van der Waals surface area contributed by atoms with Crippen molar-refractivity contribution in [1.29, 1.82) is 0 Å². The van der Waals surface area contributed by atoms with Crippen molar-refractivity contribution in [3.63, 3.8) is 0 Å². The maximum Gasteiger partial charge on any atom is 0.309 e. The molecule has 0 bridgehead atoms. The minimum atomic E-state index is -0.177. The Morgan fingerprint density at radius 2 is 1.97 bits per heavy atom. The van der Waals surface area contributed by atoms with Crippen LogP contribution in [-0.2, 0) is 15.3 Å². The number of furan rings is 1. The number of aromatic nitrogens is 4. The van der Waals surface area contributed by atoms with Gasteiger partial charge in [0, 0.05) is 29.2 Å². The van der Waals surface area contributed by atoms with Crippen LogP contribution in [0.15, 0.2) is 57.6 Å². The molecule has 0 unspecified atom stereocenters. The smallest absolute Gasteiger partial charge is 0.309 e. The minimum Gasteiger partial charge on any atom is -0.466 e. The molecule has 1 aliphatic rings. The quantitative estimate of drug-likeness (QED) is 0.211. The molecular formula is C25H24ClN5O4S2. The van der Waals surface area contributed by atoms with Gasteiger partial charge in [-0.25, -0.2) is 4.98 Å². The van der Waals surface area contributed by atoms with Gasteiger partial charge in [0.05, 0.1) is 24.5 Å². The Balaban J connectivity index is 1.26. The average Bonchev–Trinajstić information content (AvgIpc) is 3.69. The second-order valence-electron chi connectivity index (χ2n) is 8.33. The van der Waals surface area contributed by atoms with Crippen molar-refractivity contribution in [3.05, 3.63) is 63.8 Å². The Kier molecular flexibility index (Phi) is 7.92. The molecule has 0 radical (unpaired) electrons. The zero-order valence-electron chi connectivity index (χ0n) is 20.0. The first-order chi connectivity index (χ1) is 18.0. The Labute approximate surface area is 226 Å². The molecule has 0 spiro atoms. The maximum absolute atomic E-state index is 13.0. The molecule has 3 aromatic heterocycles. The number of carbonyl (C=O) groups excluding carboxylic acids is 2. The number of hydrogen-bond acceptors (Lipinski definition) is 9. The number of ether oxygens (including phenoxy) is 1. The number of thioether (sulfide) groups is 1. The van der Waals surface area contributed by atoms with Crippen LogP contribution in [0.2, 0.25) is 5.02 Å². The van der Waals surface area contributed by atoms with E-state index in [9.17, 15) is 9.59 Å². The Morgan fingerprint density at radius 3 is 2.68 bits per heavy atom. The van der Waals surface area contributed by atoms with E-state index in [1.54, 1.807) is 29.5 Å². The lowest BCUT2D eigenvalue weighted by Gasteiger charge is -2.30. The second-order valence-corrected chi connectivity index (χ2v) is 10.7. The number of carbonyl (C=O) groups is 2. The molecule has 37 heavy (non-hydrogen) atoms. The molecule has 12 heteroatoms. The molecule has 4 heterocycles. The summed E-state index contributed by atoms with van der Waals surface area (Å²) in [4.78, 5) is 31.3. The van der Waals surface area contributed by atoms with Gasteiger partial charge in [0.1, 0.15) is 10.7 Å². The maximum atomic E-state index is 13.0. The van der Waals surface area contributed by atoms with E-state index in [2.05, 4.69) is 15.2 Å². The third kappa shape index (κ3) is 5.73. The van der Waals surface area contributed by atoms with E-state index in [-0.39, 0.29) is 17.8 Å². The second kappa shape index (κ2) is 11.5. The standard InChI is InChI=1S/C25H24ClN5O4S2/c1-2-34-24(33)16-9-11-30(12-10-16)23(32)19-14-36-21(27-19)15-37-25-29-28-22(20-4-3-13-35-20)31(25)18-7-5-17(26)6-8-18/h3-8,13-14,16H,2,9-12,15H2,1H3. The summed E-state index contributed by atoms with van der Waals surface area (Å²) in [5.41, 5.74) is 1.27. The highest BCUT2D eigenvalue weighted by atomic mass is 35.5. The topological polar surface area (TPSA) is 103 Å². The summed E-state index contributed by atoms with van der Waals surface area (Å²) in [6.45, 7) is 3.21. The van der Waals surface area contributed by atoms with Crippen LogP contribution in [0, 0.1) is 5.92 Å². The molecule has 4 aromatic rings. The molecule has 0 aliphatic carbocycles. The fraction of sp³-hybridized carbons (Fsp3) is 0.320. The highest BCUT2D eigenvalue weighted by Gasteiger charge is 2.29. The molecule has 1 aliphatic heterocycles. The van der Waals surface area contributed by atoms with E-state index in [4.69, 9.17) is 20.8 Å². The van der Waals surface area contributed by atoms with Gasteiger partial charge in [0.25, 0.3) is 5.91 Å². The number of esters is 1. The van der Waals surface area contributed by atoms with Crippen molar-refractivity contribution in [2.24, 2.45) is 5.92 Å². The summed E-state index contributed by atoms with van der Waals surface area (Å²) in [5, 5.41) is 12.6. The number of rotatable bonds is 8. The van der Waals surface area contributed by atoms with Crippen LogP contribution in [0.25, 0.3) is 17.3 Å². The summed E-state index contributed by atoms with van der Waals surface area (Å²) in [7, 11) is 0. The summed E-state index contributed by atoms with van der Waals surface area (Å²) in [5.74, 6) is 1.27. The number of amides is 1. The molecule has 1 saturated heterocycles. The molecule has 192 valence electrons. The van der Waals surface area contributed by atoms with Gasteiger partial charge in [0.15, 0.2) is 10.9 Å². The van der Waals surface area contributed by atoms with Gasteiger partial charge >= 0.3 is 5.97 Å². The lowest BCUT2D eigenvalue weighted by atomic mass is 9.97. The van der Waals surface area contributed by atoms with Gasteiger partial charge < -0.3 is 14.1 Å². The van der Waals surface area contributed by atoms with Crippen molar-refractivity contribution < 1.29 is 18.7 Å². The average molecular weight is 558 g/mol. The number of thiazole rings is 1.